The number of thiocarbonyl (C=S) groups is 1. The zero-order valence-electron chi connectivity index (χ0n) is 22.9. The fourth-order valence-electron chi connectivity index (χ4n) is 5.39. The molecular weight excluding hydrogens is 541 g/mol. The minimum Gasteiger partial charge on any atom is -0.465 e. The van der Waals surface area contributed by atoms with Gasteiger partial charge in [0.05, 0.1) is 41.8 Å². The summed E-state index contributed by atoms with van der Waals surface area (Å²) in [6.45, 7) is 4.27. The number of carbonyl (C=O) groups excluding carboxylic acids is 2. The first-order valence-electron chi connectivity index (χ1n) is 13.2. The molecule has 1 aliphatic rings. The molecule has 2 atom stereocenters. The van der Waals surface area contributed by atoms with Crippen molar-refractivity contribution in [3.8, 4) is 5.69 Å². The first-order chi connectivity index (χ1) is 19.8. The van der Waals surface area contributed by atoms with Gasteiger partial charge in [0.15, 0.2) is 5.11 Å². The van der Waals surface area contributed by atoms with Gasteiger partial charge in [-0.05, 0) is 74.1 Å². The lowest BCUT2D eigenvalue weighted by Crippen LogP contribution is -2.33. The zero-order valence-corrected chi connectivity index (χ0v) is 23.7. The lowest BCUT2D eigenvalue weighted by molar-refractivity contribution is -0.116. The van der Waals surface area contributed by atoms with Gasteiger partial charge in [-0.2, -0.15) is 0 Å². The molecule has 0 radical (unpaired) electrons. The summed E-state index contributed by atoms with van der Waals surface area (Å²) in [5, 5.41) is 6.55. The van der Waals surface area contributed by atoms with Gasteiger partial charge in [-0.1, -0.05) is 30.3 Å². The van der Waals surface area contributed by atoms with Gasteiger partial charge in [-0.25, -0.2) is 9.18 Å². The van der Waals surface area contributed by atoms with E-state index in [4.69, 9.17) is 17.0 Å². The number of aryl methyl sites for hydroxylation is 1. The van der Waals surface area contributed by atoms with Crippen LogP contribution in [-0.2, 0) is 9.53 Å². The lowest BCUT2D eigenvalue weighted by atomic mass is 9.96. The quantitative estimate of drug-likeness (QED) is 0.216. The minimum absolute atomic E-state index is 0.0888. The van der Waals surface area contributed by atoms with Crippen LogP contribution in [0.1, 0.15) is 51.5 Å². The van der Waals surface area contributed by atoms with Crippen LogP contribution in [0, 0.1) is 19.7 Å². The number of anilines is 1. The van der Waals surface area contributed by atoms with Crippen molar-refractivity contribution in [2.75, 3.05) is 19.0 Å². The Balaban J connectivity index is 1.51. The Morgan fingerprint density at radius 1 is 1.07 bits per heavy atom. The molecular formula is C31H30FN5O3S. The van der Waals surface area contributed by atoms with Crippen LogP contribution in [-0.4, -0.2) is 45.1 Å². The number of amides is 1. The number of nitrogens with one attached hydrogen (secondary N) is 2. The molecule has 0 spiro atoms. The number of ether oxygens (including phenoxy) is 1. The van der Waals surface area contributed by atoms with Crippen molar-refractivity contribution in [3.63, 3.8) is 0 Å². The number of rotatable bonds is 8. The van der Waals surface area contributed by atoms with Gasteiger partial charge in [-0.3, -0.25) is 9.78 Å². The van der Waals surface area contributed by atoms with Crippen LogP contribution in [0.15, 0.2) is 79.0 Å². The number of carbonyl (C=O) groups is 2. The lowest BCUT2D eigenvalue weighted by Gasteiger charge is -2.28. The SMILES string of the molecule is COC(=O)c1ccccc1-n1c(C)cc(C2C(c3ccccn3)NC(=S)N2CCC(=O)Nc2ccccc2F)c1C. The van der Waals surface area contributed by atoms with E-state index < -0.39 is 11.8 Å². The second-order valence-corrected chi connectivity index (χ2v) is 10.2. The largest absolute Gasteiger partial charge is 0.465 e. The van der Waals surface area contributed by atoms with Crippen LogP contribution >= 0.6 is 12.2 Å². The average molecular weight is 572 g/mol. The molecule has 8 nitrogen and oxygen atoms in total. The Morgan fingerprint density at radius 2 is 1.80 bits per heavy atom. The Bertz CT molecular complexity index is 1610. The molecule has 0 bridgehead atoms. The number of para-hydroxylation sites is 2. The molecule has 1 aliphatic heterocycles. The smallest absolute Gasteiger partial charge is 0.339 e. The summed E-state index contributed by atoms with van der Waals surface area (Å²) >= 11 is 5.77. The van der Waals surface area contributed by atoms with Crippen LogP contribution in [0.25, 0.3) is 5.69 Å². The molecule has 0 saturated carbocycles. The summed E-state index contributed by atoms with van der Waals surface area (Å²) in [4.78, 5) is 32.0. The molecule has 2 unspecified atom stereocenters. The van der Waals surface area contributed by atoms with E-state index >= 15 is 0 Å². The van der Waals surface area contributed by atoms with Crippen molar-refractivity contribution in [1.29, 1.82) is 0 Å². The topological polar surface area (TPSA) is 88.5 Å². The zero-order chi connectivity index (χ0) is 29.1. The third-order valence-electron chi connectivity index (χ3n) is 7.26. The normalized spacial score (nSPS) is 16.4. The van der Waals surface area contributed by atoms with Gasteiger partial charge in [0.1, 0.15) is 5.82 Å². The molecule has 3 heterocycles. The van der Waals surface area contributed by atoms with Crippen LogP contribution in [0.2, 0.25) is 0 Å². The second kappa shape index (κ2) is 11.9. The number of benzene rings is 2. The van der Waals surface area contributed by atoms with E-state index in [1.807, 2.05) is 53.6 Å². The highest BCUT2D eigenvalue weighted by Crippen LogP contribution is 2.41. The Labute approximate surface area is 243 Å². The Kier molecular flexibility index (Phi) is 8.11. The van der Waals surface area contributed by atoms with Crippen LogP contribution in [0.4, 0.5) is 10.1 Å². The molecule has 1 saturated heterocycles. The van der Waals surface area contributed by atoms with Crippen molar-refractivity contribution in [2.24, 2.45) is 0 Å². The van der Waals surface area contributed by atoms with Crippen LogP contribution in [0.5, 0.6) is 0 Å². The van der Waals surface area contributed by atoms with Crippen molar-refractivity contribution in [1.82, 2.24) is 19.8 Å². The number of aromatic nitrogens is 2. The summed E-state index contributed by atoms with van der Waals surface area (Å²) in [6.07, 6.45) is 1.82. The molecule has 2 aromatic heterocycles. The summed E-state index contributed by atoms with van der Waals surface area (Å²) in [7, 11) is 1.36. The maximum Gasteiger partial charge on any atom is 0.339 e. The molecule has 210 valence electrons. The van der Waals surface area contributed by atoms with Gasteiger partial charge >= 0.3 is 5.97 Å². The highest BCUT2D eigenvalue weighted by molar-refractivity contribution is 7.80. The van der Waals surface area contributed by atoms with E-state index in [0.29, 0.717) is 22.9 Å². The van der Waals surface area contributed by atoms with Crippen LogP contribution < -0.4 is 10.6 Å². The number of esters is 1. The van der Waals surface area contributed by atoms with Crippen LogP contribution in [0.3, 0.4) is 0 Å². The van der Waals surface area contributed by atoms with E-state index in [1.165, 1.54) is 19.2 Å². The molecule has 10 heteroatoms. The maximum atomic E-state index is 14.1. The minimum atomic E-state index is -0.494. The number of halogens is 1. The monoisotopic (exact) mass is 571 g/mol. The van der Waals surface area contributed by atoms with E-state index in [0.717, 1.165) is 22.6 Å². The number of hydrogen-bond acceptors (Lipinski definition) is 5. The van der Waals surface area contributed by atoms with E-state index in [9.17, 15) is 14.0 Å². The third kappa shape index (κ3) is 5.55. The standard InChI is InChI=1S/C31H30FN5O3S/c1-19-18-22(20(2)37(19)26-14-7-4-10-21(26)30(39)40-3)29-28(25-13-8-9-16-33-25)35-31(41)36(29)17-15-27(38)34-24-12-6-5-11-23(24)32/h4-14,16,18,28-29H,15,17H2,1-3H3,(H,34,38)(H,35,41). The summed E-state index contributed by atoms with van der Waals surface area (Å²) in [5.41, 5.74) is 4.90. The van der Waals surface area contributed by atoms with E-state index in [2.05, 4.69) is 21.7 Å². The van der Waals surface area contributed by atoms with E-state index in [-0.39, 0.29) is 30.1 Å². The first kappa shape index (κ1) is 28.0. The van der Waals surface area contributed by atoms with Gasteiger partial charge < -0.3 is 24.8 Å². The maximum absolute atomic E-state index is 14.1. The van der Waals surface area contributed by atoms with Gasteiger partial charge in [0.2, 0.25) is 5.91 Å². The first-order valence-corrected chi connectivity index (χ1v) is 13.6. The molecule has 5 rings (SSSR count). The summed E-state index contributed by atoms with van der Waals surface area (Å²) in [6, 6.07) is 20.6. The number of pyridine rings is 1. The predicted molar refractivity (Wildman–Crippen MR) is 158 cm³/mol. The van der Waals surface area contributed by atoms with Gasteiger partial charge in [-0.15, -0.1) is 0 Å². The molecule has 2 N–H and O–H groups in total. The fourth-order valence-corrected chi connectivity index (χ4v) is 5.72. The van der Waals surface area contributed by atoms with E-state index in [1.54, 1.807) is 30.5 Å². The second-order valence-electron chi connectivity index (χ2n) is 9.77. The molecule has 1 amide bonds. The number of nitrogens with zero attached hydrogens (tertiary/aromatic N) is 3. The molecule has 4 aromatic rings. The number of methoxy groups -OCH3 is 1. The highest BCUT2D eigenvalue weighted by Gasteiger charge is 2.41. The van der Waals surface area contributed by atoms with Crippen molar-refractivity contribution in [3.05, 3.63) is 113 Å². The van der Waals surface area contributed by atoms with Crippen molar-refractivity contribution >= 4 is 34.9 Å². The average Bonchev–Trinajstić information content (AvgIpc) is 3.47. The molecule has 0 aliphatic carbocycles. The van der Waals surface area contributed by atoms with Crippen molar-refractivity contribution in [2.45, 2.75) is 32.4 Å². The fraction of sp³-hybridized carbons (Fsp3) is 0.226. The van der Waals surface area contributed by atoms with Gasteiger partial charge in [0.25, 0.3) is 0 Å². The molecule has 41 heavy (non-hydrogen) atoms. The Morgan fingerprint density at radius 3 is 2.54 bits per heavy atom. The molecule has 2 aromatic carbocycles. The van der Waals surface area contributed by atoms with Gasteiger partial charge in [0, 0.05) is 30.6 Å². The predicted octanol–water partition coefficient (Wildman–Crippen LogP) is 5.42. The summed E-state index contributed by atoms with van der Waals surface area (Å²) in [5.74, 6) is -1.24. The molecule has 1 fully saturated rings. The number of hydrogen-bond donors (Lipinski definition) is 2. The van der Waals surface area contributed by atoms with Crippen molar-refractivity contribution < 1.29 is 18.7 Å². The Hall–Kier alpha value is -4.57. The third-order valence-corrected chi connectivity index (χ3v) is 7.62. The highest BCUT2D eigenvalue weighted by atomic mass is 32.1. The summed E-state index contributed by atoms with van der Waals surface area (Å²) < 4.78 is 21.2.